The molecule has 0 amide bonds. The first-order chi connectivity index (χ1) is 12.5. The number of quaternary nitrogens is 1. The smallest absolute Gasteiger partial charge is 0.137 e. The van der Waals surface area contributed by atoms with Crippen LogP contribution in [0.1, 0.15) is 11.1 Å². The van der Waals surface area contributed by atoms with Crippen LogP contribution in [0.3, 0.4) is 0 Å². The van der Waals surface area contributed by atoms with E-state index in [4.69, 9.17) is 16.3 Å². The number of aliphatic hydroxyl groups excluding tert-OH is 1. The number of rotatable bonds is 6. The van der Waals surface area contributed by atoms with Crippen molar-refractivity contribution >= 4 is 17.3 Å². The molecule has 0 spiro atoms. The molecule has 1 atom stereocenters. The van der Waals surface area contributed by atoms with Crippen LogP contribution < -0.4 is 14.5 Å². The van der Waals surface area contributed by atoms with E-state index < -0.39 is 6.10 Å². The van der Waals surface area contributed by atoms with Crippen LogP contribution >= 0.6 is 11.6 Å². The average Bonchev–Trinajstić information content (AvgIpc) is 2.62. The zero-order chi connectivity index (χ0) is 18.5. The molecule has 26 heavy (non-hydrogen) atoms. The van der Waals surface area contributed by atoms with Gasteiger partial charge in [0.2, 0.25) is 0 Å². The fourth-order valence-corrected chi connectivity index (χ4v) is 3.74. The molecule has 140 valence electrons. The van der Waals surface area contributed by atoms with Crippen LogP contribution in [-0.2, 0) is 0 Å². The number of piperazine rings is 1. The van der Waals surface area contributed by atoms with Crippen molar-refractivity contribution in [3.05, 3.63) is 58.6 Å². The molecule has 3 rings (SSSR count). The van der Waals surface area contributed by atoms with Gasteiger partial charge in [0.25, 0.3) is 0 Å². The predicted octanol–water partition coefficient (Wildman–Crippen LogP) is 2.10. The summed E-state index contributed by atoms with van der Waals surface area (Å²) >= 11 is 6.09. The summed E-state index contributed by atoms with van der Waals surface area (Å²) < 4.78 is 5.89. The highest BCUT2D eigenvalue weighted by atomic mass is 35.5. The Hall–Kier alpha value is -1.75. The number of para-hydroxylation sites is 1. The summed E-state index contributed by atoms with van der Waals surface area (Å²) in [5.74, 6) is 0.896. The van der Waals surface area contributed by atoms with E-state index in [0.29, 0.717) is 13.2 Å². The Balaban J connectivity index is 1.45. The third-order valence-corrected chi connectivity index (χ3v) is 5.23. The summed E-state index contributed by atoms with van der Waals surface area (Å²) in [6.45, 7) is 9.09. The molecule has 1 heterocycles. The third-order valence-electron chi connectivity index (χ3n) is 5.00. The Kier molecular flexibility index (Phi) is 6.41. The van der Waals surface area contributed by atoms with Crippen LogP contribution in [0.2, 0.25) is 5.02 Å². The zero-order valence-corrected chi connectivity index (χ0v) is 16.3. The van der Waals surface area contributed by atoms with Crippen LogP contribution in [0.4, 0.5) is 5.69 Å². The van der Waals surface area contributed by atoms with E-state index >= 15 is 0 Å². The van der Waals surface area contributed by atoms with Gasteiger partial charge >= 0.3 is 0 Å². The summed E-state index contributed by atoms with van der Waals surface area (Å²) in [5.41, 5.74) is 3.40. The zero-order valence-electron chi connectivity index (χ0n) is 15.5. The van der Waals surface area contributed by atoms with Gasteiger partial charge in [0, 0.05) is 10.7 Å². The van der Waals surface area contributed by atoms with Crippen molar-refractivity contribution in [1.82, 2.24) is 0 Å². The van der Waals surface area contributed by atoms with Gasteiger partial charge in [-0.15, -0.1) is 0 Å². The van der Waals surface area contributed by atoms with Gasteiger partial charge in [-0.3, -0.25) is 0 Å². The van der Waals surface area contributed by atoms with Crippen LogP contribution in [0.15, 0.2) is 42.5 Å². The minimum atomic E-state index is -0.457. The molecular weight excluding hydrogens is 348 g/mol. The van der Waals surface area contributed by atoms with E-state index in [1.807, 2.05) is 50.2 Å². The number of aliphatic hydroxyl groups is 1. The maximum Gasteiger partial charge on any atom is 0.137 e. The number of halogens is 1. The van der Waals surface area contributed by atoms with Gasteiger partial charge in [-0.05, 0) is 43.2 Å². The quantitative estimate of drug-likeness (QED) is 0.812. The van der Waals surface area contributed by atoms with E-state index in [-0.39, 0.29) is 0 Å². The van der Waals surface area contributed by atoms with Crippen molar-refractivity contribution < 1.29 is 14.7 Å². The van der Waals surface area contributed by atoms with E-state index in [0.717, 1.165) is 48.1 Å². The Morgan fingerprint density at radius 2 is 1.77 bits per heavy atom. The molecule has 0 bridgehead atoms. The Morgan fingerprint density at radius 1 is 1.12 bits per heavy atom. The number of nitrogens with one attached hydrogen (secondary N) is 1. The molecule has 1 aliphatic heterocycles. The lowest BCUT2D eigenvalue weighted by atomic mass is 10.1. The van der Waals surface area contributed by atoms with Crippen molar-refractivity contribution in [2.24, 2.45) is 0 Å². The molecule has 2 aromatic carbocycles. The van der Waals surface area contributed by atoms with Gasteiger partial charge in [0.15, 0.2) is 0 Å². The number of aryl methyl sites for hydroxylation is 2. The van der Waals surface area contributed by atoms with Crippen molar-refractivity contribution in [2.45, 2.75) is 20.0 Å². The molecule has 0 saturated carbocycles. The fourth-order valence-electron chi connectivity index (χ4n) is 3.56. The van der Waals surface area contributed by atoms with E-state index in [9.17, 15) is 5.11 Å². The highest BCUT2D eigenvalue weighted by Gasteiger charge is 2.23. The van der Waals surface area contributed by atoms with Crippen molar-refractivity contribution in [3.63, 3.8) is 0 Å². The average molecular weight is 376 g/mol. The number of ether oxygens (including phenoxy) is 1. The lowest BCUT2D eigenvalue weighted by molar-refractivity contribution is -0.903. The summed E-state index contributed by atoms with van der Waals surface area (Å²) in [7, 11) is 0. The molecule has 5 heteroatoms. The maximum atomic E-state index is 10.4. The maximum absolute atomic E-state index is 10.4. The van der Waals surface area contributed by atoms with Gasteiger partial charge < -0.3 is 19.6 Å². The second-order valence-electron chi connectivity index (χ2n) is 7.11. The predicted molar refractivity (Wildman–Crippen MR) is 107 cm³/mol. The minimum absolute atomic E-state index is 0.340. The normalized spacial score (nSPS) is 16.5. The van der Waals surface area contributed by atoms with Gasteiger partial charge in [-0.1, -0.05) is 35.9 Å². The van der Waals surface area contributed by atoms with Crippen LogP contribution in [-0.4, -0.2) is 50.5 Å². The number of nitrogens with zero attached hydrogens (tertiary/aromatic N) is 1. The van der Waals surface area contributed by atoms with Crippen molar-refractivity contribution in [3.8, 4) is 5.75 Å². The fraction of sp³-hybridized carbons (Fsp3) is 0.429. The number of anilines is 1. The van der Waals surface area contributed by atoms with E-state index in [1.165, 1.54) is 10.6 Å². The first-order valence-electron chi connectivity index (χ1n) is 9.24. The van der Waals surface area contributed by atoms with Crippen molar-refractivity contribution in [1.29, 1.82) is 0 Å². The Morgan fingerprint density at radius 3 is 2.42 bits per heavy atom. The van der Waals surface area contributed by atoms with Crippen LogP contribution in [0.25, 0.3) is 0 Å². The monoisotopic (exact) mass is 375 g/mol. The minimum Gasteiger partial charge on any atom is -0.490 e. The molecular formula is C21H28ClN2O2+. The van der Waals surface area contributed by atoms with Crippen LogP contribution in [0, 0.1) is 13.8 Å². The largest absolute Gasteiger partial charge is 0.490 e. The summed E-state index contributed by atoms with van der Waals surface area (Å²) in [6.07, 6.45) is -0.457. The Labute approximate surface area is 160 Å². The number of hydrogen-bond donors (Lipinski definition) is 2. The summed E-state index contributed by atoms with van der Waals surface area (Å²) in [6, 6.07) is 14.1. The molecule has 2 N–H and O–H groups in total. The molecule has 0 radical (unpaired) electrons. The summed E-state index contributed by atoms with van der Waals surface area (Å²) in [4.78, 5) is 3.77. The molecule has 1 aliphatic rings. The first kappa shape index (κ1) is 19.0. The second kappa shape index (κ2) is 8.76. The molecule has 0 unspecified atom stereocenters. The van der Waals surface area contributed by atoms with Crippen molar-refractivity contribution in [2.75, 3.05) is 44.2 Å². The third kappa shape index (κ3) is 4.91. The molecule has 1 fully saturated rings. The SMILES string of the molecule is Cc1cccc(C)c1OC[C@H](O)C[NH+]1CCN(c2cccc(Cl)c2)CC1. The number of benzene rings is 2. The highest BCUT2D eigenvalue weighted by molar-refractivity contribution is 6.30. The van der Waals surface area contributed by atoms with Crippen LogP contribution in [0.5, 0.6) is 5.75 Å². The molecule has 0 aliphatic carbocycles. The number of hydrogen-bond acceptors (Lipinski definition) is 3. The first-order valence-corrected chi connectivity index (χ1v) is 9.62. The lowest BCUT2D eigenvalue weighted by Crippen LogP contribution is -3.16. The van der Waals surface area contributed by atoms with E-state index in [1.54, 1.807) is 0 Å². The van der Waals surface area contributed by atoms with Gasteiger partial charge in [0.1, 0.15) is 25.0 Å². The lowest BCUT2D eigenvalue weighted by Gasteiger charge is -2.34. The summed E-state index contributed by atoms with van der Waals surface area (Å²) in [5, 5.41) is 11.2. The van der Waals surface area contributed by atoms with E-state index in [2.05, 4.69) is 11.0 Å². The molecule has 1 saturated heterocycles. The topological polar surface area (TPSA) is 37.1 Å². The van der Waals surface area contributed by atoms with Gasteiger partial charge in [-0.25, -0.2) is 0 Å². The second-order valence-corrected chi connectivity index (χ2v) is 7.54. The standard InChI is InChI=1S/C21H27ClN2O2/c1-16-5-3-6-17(2)21(16)26-15-20(25)14-23-9-11-24(12-10-23)19-8-4-7-18(22)13-19/h3-8,13,20,25H,9-12,14-15H2,1-2H3/p+1/t20-/m1/s1. The molecule has 4 nitrogen and oxygen atoms in total. The highest BCUT2D eigenvalue weighted by Crippen LogP contribution is 2.22. The molecule has 2 aromatic rings. The molecule has 0 aromatic heterocycles. The van der Waals surface area contributed by atoms with Gasteiger partial charge in [0.05, 0.1) is 26.2 Å². The Bertz CT molecular complexity index is 709. The van der Waals surface area contributed by atoms with Gasteiger partial charge in [-0.2, -0.15) is 0 Å².